The van der Waals surface area contributed by atoms with Gasteiger partial charge in [0.05, 0.1) is 4.34 Å². The van der Waals surface area contributed by atoms with Crippen molar-refractivity contribution in [3.63, 3.8) is 0 Å². The Balaban J connectivity index is 2.11. The van der Waals surface area contributed by atoms with Gasteiger partial charge >= 0.3 is 0 Å². The molecule has 0 bridgehead atoms. The molecule has 0 saturated carbocycles. The van der Waals surface area contributed by atoms with Gasteiger partial charge in [0.1, 0.15) is 0 Å². The molecule has 0 saturated heterocycles. The van der Waals surface area contributed by atoms with Crippen LogP contribution in [0.3, 0.4) is 0 Å². The van der Waals surface area contributed by atoms with E-state index in [0.717, 1.165) is 17.2 Å². The molecule has 86 valence electrons. The Hall–Kier alpha value is -0.350. The molecule has 0 spiro atoms. The lowest BCUT2D eigenvalue weighted by Crippen LogP contribution is -2.12. The lowest BCUT2D eigenvalue weighted by molar-refractivity contribution is 0.736. The lowest BCUT2D eigenvalue weighted by atomic mass is 10.1. The molecule has 0 aliphatic rings. The van der Waals surface area contributed by atoms with Crippen LogP contribution < -0.4 is 5.73 Å². The maximum atomic E-state index is 6.23. The van der Waals surface area contributed by atoms with Gasteiger partial charge in [-0.2, -0.15) is 0 Å². The summed E-state index contributed by atoms with van der Waals surface area (Å²) in [5.74, 6) is 0. The fraction of sp³-hybridized carbons (Fsp3) is 0.333. The predicted octanol–water partition coefficient (Wildman–Crippen LogP) is 4.27. The largest absolute Gasteiger partial charge is 0.323 e. The van der Waals surface area contributed by atoms with E-state index in [1.54, 1.807) is 22.7 Å². The number of hydrogen-bond donors (Lipinski definition) is 1. The van der Waals surface area contributed by atoms with Crippen LogP contribution >= 0.6 is 34.3 Å². The number of halogens is 1. The summed E-state index contributed by atoms with van der Waals surface area (Å²) in [6.45, 7) is 2.17. The molecular weight excluding hydrogens is 258 g/mol. The average Bonchev–Trinajstić information content (AvgIpc) is 2.86. The Morgan fingerprint density at radius 1 is 1.38 bits per heavy atom. The first kappa shape index (κ1) is 12.1. The van der Waals surface area contributed by atoms with E-state index in [1.165, 1.54) is 15.3 Å². The maximum Gasteiger partial charge on any atom is 0.0931 e. The van der Waals surface area contributed by atoms with Gasteiger partial charge in [0.25, 0.3) is 0 Å². The SMILES string of the molecule is CCc1ccsc1C(N)Cc1ccc(Cl)s1. The number of nitrogens with two attached hydrogens (primary N) is 1. The molecule has 0 aliphatic carbocycles. The van der Waals surface area contributed by atoms with Crippen LogP contribution in [0.4, 0.5) is 0 Å². The monoisotopic (exact) mass is 271 g/mol. The summed E-state index contributed by atoms with van der Waals surface area (Å²) in [6, 6.07) is 6.27. The van der Waals surface area contributed by atoms with E-state index in [2.05, 4.69) is 24.4 Å². The molecule has 1 unspecified atom stereocenters. The van der Waals surface area contributed by atoms with Crippen molar-refractivity contribution in [1.82, 2.24) is 0 Å². The van der Waals surface area contributed by atoms with Gasteiger partial charge in [0, 0.05) is 22.2 Å². The summed E-state index contributed by atoms with van der Waals surface area (Å²) < 4.78 is 0.837. The topological polar surface area (TPSA) is 26.0 Å². The van der Waals surface area contributed by atoms with Gasteiger partial charge < -0.3 is 5.73 Å². The fourth-order valence-electron chi connectivity index (χ4n) is 1.74. The van der Waals surface area contributed by atoms with Crippen molar-refractivity contribution in [3.05, 3.63) is 43.2 Å². The van der Waals surface area contributed by atoms with Crippen molar-refractivity contribution >= 4 is 34.3 Å². The minimum absolute atomic E-state index is 0.102. The third-order valence-electron chi connectivity index (χ3n) is 2.55. The zero-order chi connectivity index (χ0) is 11.5. The van der Waals surface area contributed by atoms with Crippen molar-refractivity contribution in [3.8, 4) is 0 Å². The van der Waals surface area contributed by atoms with E-state index in [4.69, 9.17) is 17.3 Å². The molecule has 1 nitrogen and oxygen atoms in total. The molecule has 0 radical (unpaired) electrons. The second kappa shape index (κ2) is 5.32. The van der Waals surface area contributed by atoms with Gasteiger partial charge in [-0.05, 0) is 35.6 Å². The molecule has 2 aromatic rings. The first-order valence-corrected chi connectivity index (χ1v) is 7.34. The number of aryl methyl sites for hydroxylation is 1. The summed E-state index contributed by atoms with van der Waals surface area (Å²) in [4.78, 5) is 2.57. The molecule has 4 heteroatoms. The summed E-state index contributed by atoms with van der Waals surface area (Å²) in [5, 5.41) is 2.12. The Morgan fingerprint density at radius 2 is 2.19 bits per heavy atom. The molecule has 2 rings (SSSR count). The van der Waals surface area contributed by atoms with Gasteiger partial charge in [0.2, 0.25) is 0 Å². The van der Waals surface area contributed by atoms with E-state index in [-0.39, 0.29) is 6.04 Å². The highest BCUT2D eigenvalue weighted by molar-refractivity contribution is 7.16. The Labute approximate surface area is 109 Å². The zero-order valence-corrected chi connectivity index (χ0v) is 11.5. The van der Waals surface area contributed by atoms with Crippen LogP contribution in [-0.2, 0) is 12.8 Å². The molecule has 2 heterocycles. The Bertz CT molecular complexity index is 461. The highest BCUT2D eigenvalue weighted by Crippen LogP contribution is 2.29. The van der Waals surface area contributed by atoms with Crippen LogP contribution in [0.2, 0.25) is 4.34 Å². The second-order valence-electron chi connectivity index (χ2n) is 3.68. The van der Waals surface area contributed by atoms with Gasteiger partial charge in [-0.25, -0.2) is 0 Å². The molecular formula is C12H14ClNS2. The molecule has 0 aromatic carbocycles. The summed E-state index contributed by atoms with van der Waals surface area (Å²) >= 11 is 9.28. The van der Waals surface area contributed by atoms with E-state index >= 15 is 0 Å². The van der Waals surface area contributed by atoms with Crippen LogP contribution in [0.1, 0.15) is 28.3 Å². The zero-order valence-electron chi connectivity index (χ0n) is 9.07. The van der Waals surface area contributed by atoms with Crippen LogP contribution in [0, 0.1) is 0 Å². The first-order chi connectivity index (χ1) is 7.70. The van der Waals surface area contributed by atoms with Crippen LogP contribution in [0.5, 0.6) is 0 Å². The summed E-state index contributed by atoms with van der Waals surface area (Å²) in [5.41, 5.74) is 7.61. The third-order valence-corrected chi connectivity index (χ3v) is 4.89. The van der Waals surface area contributed by atoms with Gasteiger partial charge in [-0.3, -0.25) is 0 Å². The predicted molar refractivity (Wildman–Crippen MR) is 73.7 cm³/mol. The Morgan fingerprint density at radius 3 is 2.81 bits per heavy atom. The second-order valence-corrected chi connectivity index (χ2v) is 6.43. The van der Waals surface area contributed by atoms with Crippen molar-refractivity contribution in [2.24, 2.45) is 5.73 Å². The number of rotatable bonds is 4. The lowest BCUT2D eigenvalue weighted by Gasteiger charge is -2.10. The van der Waals surface area contributed by atoms with E-state index in [1.807, 2.05) is 6.07 Å². The normalized spacial score (nSPS) is 12.9. The highest BCUT2D eigenvalue weighted by atomic mass is 35.5. The smallest absolute Gasteiger partial charge is 0.0931 e. The van der Waals surface area contributed by atoms with Gasteiger partial charge in [-0.1, -0.05) is 18.5 Å². The van der Waals surface area contributed by atoms with Crippen LogP contribution in [-0.4, -0.2) is 0 Å². The average molecular weight is 272 g/mol. The molecule has 2 N–H and O–H groups in total. The van der Waals surface area contributed by atoms with Crippen molar-refractivity contribution < 1.29 is 0 Å². The Kier molecular flexibility index (Phi) is 4.03. The van der Waals surface area contributed by atoms with Crippen molar-refractivity contribution in [2.45, 2.75) is 25.8 Å². The van der Waals surface area contributed by atoms with E-state index in [0.29, 0.717) is 0 Å². The molecule has 1 atom stereocenters. The fourth-order valence-corrected chi connectivity index (χ4v) is 3.88. The van der Waals surface area contributed by atoms with Crippen LogP contribution in [0.25, 0.3) is 0 Å². The number of thiophene rings is 2. The first-order valence-electron chi connectivity index (χ1n) is 5.26. The molecule has 0 amide bonds. The molecule has 0 aliphatic heterocycles. The van der Waals surface area contributed by atoms with Gasteiger partial charge in [-0.15, -0.1) is 22.7 Å². The maximum absolute atomic E-state index is 6.23. The highest BCUT2D eigenvalue weighted by Gasteiger charge is 2.13. The standard InChI is InChI=1S/C12H14ClNS2/c1-2-8-5-6-15-12(8)10(14)7-9-3-4-11(13)16-9/h3-6,10H,2,7,14H2,1H3. The third kappa shape index (κ3) is 2.66. The molecule has 0 fully saturated rings. The van der Waals surface area contributed by atoms with E-state index in [9.17, 15) is 0 Å². The van der Waals surface area contributed by atoms with Crippen molar-refractivity contribution in [1.29, 1.82) is 0 Å². The molecule has 2 aromatic heterocycles. The summed E-state index contributed by atoms with van der Waals surface area (Å²) in [6.07, 6.45) is 1.93. The number of hydrogen-bond acceptors (Lipinski definition) is 3. The molecule has 16 heavy (non-hydrogen) atoms. The minimum atomic E-state index is 0.102. The van der Waals surface area contributed by atoms with Gasteiger partial charge in [0.15, 0.2) is 0 Å². The quantitative estimate of drug-likeness (QED) is 0.883. The van der Waals surface area contributed by atoms with Crippen molar-refractivity contribution in [2.75, 3.05) is 0 Å². The minimum Gasteiger partial charge on any atom is -0.323 e. The van der Waals surface area contributed by atoms with Crippen LogP contribution in [0.15, 0.2) is 23.6 Å². The summed E-state index contributed by atoms with van der Waals surface area (Å²) in [7, 11) is 0. The van der Waals surface area contributed by atoms with E-state index < -0.39 is 0 Å².